The molecule has 4 nitrogen and oxygen atoms in total. The van der Waals surface area contributed by atoms with Gasteiger partial charge in [0.05, 0.1) is 4.91 Å². The zero-order valence-corrected chi connectivity index (χ0v) is 13.2. The minimum Gasteiger partial charge on any atom is -0.480 e. The van der Waals surface area contributed by atoms with Gasteiger partial charge in [0.2, 0.25) is 0 Å². The van der Waals surface area contributed by atoms with Gasteiger partial charge in [-0.05, 0) is 23.9 Å². The monoisotopic (exact) mass is 327 g/mol. The smallest absolute Gasteiger partial charge is 0.326 e. The Morgan fingerprint density at radius 3 is 2.90 bits per heavy atom. The first-order chi connectivity index (χ1) is 9.54. The van der Waals surface area contributed by atoms with Gasteiger partial charge in [0.1, 0.15) is 10.4 Å². The third-order valence-corrected chi connectivity index (χ3v) is 4.95. The molecule has 0 bridgehead atoms. The molecule has 1 aliphatic heterocycles. The van der Waals surface area contributed by atoms with Crippen molar-refractivity contribution < 1.29 is 14.7 Å². The lowest BCUT2D eigenvalue weighted by atomic mass is 10.1. The summed E-state index contributed by atoms with van der Waals surface area (Å²) in [5.41, 5.74) is 0. The second-order valence-corrected chi connectivity index (χ2v) is 6.86. The molecule has 1 amide bonds. The van der Waals surface area contributed by atoms with Gasteiger partial charge >= 0.3 is 5.97 Å². The fourth-order valence-electron chi connectivity index (χ4n) is 1.89. The van der Waals surface area contributed by atoms with E-state index >= 15 is 0 Å². The zero-order chi connectivity index (χ0) is 14.7. The zero-order valence-electron chi connectivity index (χ0n) is 10.7. The number of carboxylic acids is 1. The van der Waals surface area contributed by atoms with Crippen molar-refractivity contribution in [2.75, 3.05) is 0 Å². The van der Waals surface area contributed by atoms with Crippen LogP contribution < -0.4 is 0 Å². The van der Waals surface area contributed by atoms with Crippen LogP contribution >= 0.6 is 35.3 Å². The van der Waals surface area contributed by atoms with E-state index in [1.165, 1.54) is 16.2 Å². The van der Waals surface area contributed by atoms with Crippen LogP contribution in [-0.4, -0.2) is 32.2 Å². The number of amides is 1. The average molecular weight is 327 g/mol. The molecule has 1 N–H and O–H groups in total. The second kappa shape index (κ2) is 6.51. The summed E-state index contributed by atoms with van der Waals surface area (Å²) in [6, 6.07) is 2.92. The van der Waals surface area contributed by atoms with Crippen LogP contribution in [0.25, 0.3) is 6.08 Å². The normalized spacial score (nSPS) is 18.9. The molecule has 7 heteroatoms. The summed E-state index contributed by atoms with van der Waals surface area (Å²) < 4.78 is 0.318. The summed E-state index contributed by atoms with van der Waals surface area (Å²) in [6.45, 7) is 1.88. The third-order valence-electron chi connectivity index (χ3n) is 2.80. The van der Waals surface area contributed by atoms with Crippen molar-refractivity contribution in [3.8, 4) is 0 Å². The van der Waals surface area contributed by atoms with E-state index in [9.17, 15) is 14.7 Å². The maximum atomic E-state index is 12.4. The highest BCUT2D eigenvalue weighted by Crippen LogP contribution is 2.35. The quantitative estimate of drug-likeness (QED) is 0.665. The van der Waals surface area contributed by atoms with Crippen LogP contribution in [-0.2, 0) is 9.59 Å². The highest BCUT2D eigenvalue weighted by molar-refractivity contribution is 8.26. The Bertz CT molecular complexity index is 565. The molecule has 2 rings (SSSR count). The Morgan fingerprint density at radius 1 is 1.60 bits per heavy atom. The van der Waals surface area contributed by atoms with E-state index in [0.29, 0.717) is 22.1 Å². The molecular weight excluding hydrogens is 314 g/mol. The summed E-state index contributed by atoms with van der Waals surface area (Å²) in [6.07, 6.45) is 2.83. The molecule has 1 saturated heterocycles. The number of aliphatic carboxylic acids is 1. The van der Waals surface area contributed by atoms with Crippen LogP contribution in [0.1, 0.15) is 24.6 Å². The van der Waals surface area contributed by atoms with Crippen LogP contribution in [0.2, 0.25) is 0 Å². The van der Waals surface area contributed by atoms with E-state index < -0.39 is 12.0 Å². The lowest BCUT2D eigenvalue weighted by Gasteiger charge is -2.22. The molecule has 1 aliphatic rings. The number of nitrogens with zero attached hydrogens (tertiary/aromatic N) is 1. The largest absolute Gasteiger partial charge is 0.480 e. The first-order valence-electron chi connectivity index (χ1n) is 6.08. The first-order valence-corrected chi connectivity index (χ1v) is 8.18. The molecule has 1 fully saturated rings. The van der Waals surface area contributed by atoms with Crippen molar-refractivity contribution >= 4 is 57.6 Å². The van der Waals surface area contributed by atoms with Gasteiger partial charge in [-0.1, -0.05) is 43.4 Å². The van der Waals surface area contributed by atoms with Crippen molar-refractivity contribution in [1.29, 1.82) is 0 Å². The molecule has 2 heterocycles. The molecule has 1 atom stereocenters. The average Bonchev–Trinajstić information content (AvgIpc) is 2.98. The SMILES string of the molecule is CCC[C@@H](C(=O)O)N1C(=O)/C(=C/c2cccs2)SC1=S. The van der Waals surface area contributed by atoms with Gasteiger partial charge in [-0.15, -0.1) is 11.3 Å². The van der Waals surface area contributed by atoms with Crippen molar-refractivity contribution in [2.45, 2.75) is 25.8 Å². The number of carbonyl (C=O) groups is 2. The van der Waals surface area contributed by atoms with Crippen LogP contribution in [0.5, 0.6) is 0 Å². The molecule has 0 radical (unpaired) electrons. The highest BCUT2D eigenvalue weighted by Gasteiger charge is 2.39. The lowest BCUT2D eigenvalue weighted by Crippen LogP contribution is -2.43. The van der Waals surface area contributed by atoms with Gasteiger partial charge in [0.15, 0.2) is 0 Å². The molecule has 0 unspecified atom stereocenters. The van der Waals surface area contributed by atoms with E-state index in [1.807, 2.05) is 24.4 Å². The lowest BCUT2D eigenvalue weighted by molar-refractivity contribution is -0.145. The van der Waals surface area contributed by atoms with E-state index in [2.05, 4.69) is 0 Å². The molecule has 0 aromatic carbocycles. The maximum Gasteiger partial charge on any atom is 0.326 e. The van der Waals surface area contributed by atoms with Crippen LogP contribution in [0, 0.1) is 0 Å². The Morgan fingerprint density at radius 2 is 2.35 bits per heavy atom. The second-order valence-electron chi connectivity index (χ2n) is 4.21. The fraction of sp³-hybridized carbons (Fsp3) is 0.308. The van der Waals surface area contributed by atoms with Crippen molar-refractivity contribution in [3.63, 3.8) is 0 Å². The van der Waals surface area contributed by atoms with Gasteiger partial charge in [-0.2, -0.15) is 0 Å². The van der Waals surface area contributed by atoms with Crippen LogP contribution in [0.3, 0.4) is 0 Å². The minimum atomic E-state index is -1.01. The first kappa shape index (κ1) is 15.2. The summed E-state index contributed by atoms with van der Waals surface area (Å²) in [4.78, 5) is 26.3. The number of carbonyl (C=O) groups excluding carboxylic acids is 1. The fourth-order valence-corrected chi connectivity index (χ4v) is 3.97. The summed E-state index contributed by atoms with van der Waals surface area (Å²) in [5, 5.41) is 11.2. The topological polar surface area (TPSA) is 57.6 Å². The van der Waals surface area contributed by atoms with Crippen molar-refractivity contribution in [3.05, 3.63) is 27.3 Å². The van der Waals surface area contributed by atoms with Gasteiger partial charge < -0.3 is 5.11 Å². The summed E-state index contributed by atoms with van der Waals surface area (Å²) in [5.74, 6) is -1.32. The number of thiophene rings is 1. The summed E-state index contributed by atoms with van der Waals surface area (Å²) in [7, 11) is 0. The van der Waals surface area contributed by atoms with Crippen molar-refractivity contribution in [1.82, 2.24) is 4.90 Å². The predicted octanol–water partition coefficient (Wildman–Crippen LogP) is 3.20. The number of hydrogen-bond acceptors (Lipinski definition) is 5. The van der Waals surface area contributed by atoms with Gasteiger partial charge in [-0.3, -0.25) is 9.69 Å². The molecule has 106 valence electrons. The molecule has 20 heavy (non-hydrogen) atoms. The van der Waals surface area contributed by atoms with Crippen LogP contribution in [0.15, 0.2) is 22.4 Å². The van der Waals surface area contributed by atoms with Crippen LogP contribution in [0.4, 0.5) is 0 Å². The van der Waals surface area contributed by atoms with E-state index in [4.69, 9.17) is 12.2 Å². The predicted molar refractivity (Wildman–Crippen MR) is 85.7 cm³/mol. The van der Waals surface area contributed by atoms with Gasteiger partial charge in [-0.25, -0.2) is 4.79 Å². The number of thiocarbonyl (C=S) groups is 1. The molecule has 1 aromatic heterocycles. The number of thioether (sulfide) groups is 1. The van der Waals surface area contributed by atoms with Gasteiger partial charge in [0, 0.05) is 4.88 Å². The molecule has 1 aromatic rings. The number of rotatable bonds is 5. The molecule has 0 aliphatic carbocycles. The Labute approximate surface area is 130 Å². The van der Waals surface area contributed by atoms with E-state index in [1.54, 1.807) is 6.08 Å². The van der Waals surface area contributed by atoms with E-state index in [-0.39, 0.29) is 5.91 Å². The minimum absolute atomic E-state index is 0.311. The standard InChI is InChI=1S/C13H13NO3S3/c1-2-4-9(12(16)17)14-11(15)10(20-13(14)18)7-8-5-3-6-19-8/h3,5-7,9H,2,4H2,1H3,(H,16,17)/b10-7-/t9-/m0/s1. The van der Waals surface area contributed by atoms with Gasteiger partial charge in [0.25, 0.3) is 5.91 Å². The molecule has 0 spiro atoms. The Kier molecular flexibility index (Phi) is 4.95. The Balaban J connectivity index is 2.26. The summed E-state index contributed by atoms with van der Waals surface area (Å²) >= 11 is 7.85. The number of carboxylic acid groups (broad SMARTS) is 1. The molecular formula is C13H13NO3S3. The van der Waals surface area contributed by atoms with Crippen molar-refractivity contribution in [2.24, 2.45) is 0 Å². The maximum absolute atomic E-state index is 12.4. The highest BCUT2D eigenvalue weighted by atomic mass is 32.2. The van der Waals surface area contributed by atoms with E-state index in [0.717, 1.165) is 16.6 Å². The third kappa shape index (κ3) is 3.11. The number of hydrogen-bond donors (Lipinski definition) is 1. The Hall–Kier alpha value is -1.18. The molecule has 0 saturated carbocycles.